The van der Waals surface area contributed by atoms with Crippen molar-refractivity contribution in [1.29, 1.82) is 0 Å². The molecule has 0 unspecified atom stereocenters. The van der Waals surface area contributed by atoms with Crippen LogP contribution in [0.25, 0.3) is 0 Å². The number of nitrogens with one attached hydrogen (secondary N) is 2. The minimum atomic E-state index is 0.874. The fraction of sp³-hybridized carbons (Fsp3) is 0.333. The number of hydrogen-bond acceptors (Lipinski definition) is 5. The first-order valence-electron chi connectivity index (χ1n) is 5.57. The molecule has 0 aromatic carbocycles. The Balaban J connectivity index is 1.95. The Morgan fingerprint density at radius 2 is 2.12 bits per heavy atom. The lowest BCUT2D eigenvalue weighted by Gasteiger charge is -2.10. The molecule has 0 aliphatic carbocycles. The van der Waals surface area contributed by atoms with Crippen LogP contribution in [0.2, 0.25) is 0 Å². The van der Waals surface area contributed by atoms with Crippen molar-refractivity contribution in [2.24, 2.45) is 0 Å². The number of nitrogens with zero attached hydrogens (tertiary/aromatic N) is 2. The fourth-order valence-electron chi connectivity index (χ4n) is 1.64. The Labute approximate surface area is 105 Å². The van der Waals surface area contributed by atoms with E-state index in [4.69, 9.17) is 0 Å². The van der Waals surface area contributed by atoms with E-state index in [1.165, 1.54) is 4.88 Å². The minimum absolute atomic E-state index is 0.874. The molecule has 0 aliphatic heterocycles. The maximum absolute atomic E-state index is 4.25. The highest BCUT2D eigenvalue weighted by Crippen LogP contribution is 2.17. The van der Waals surface area contributed by atoms with Crippen LogP contribution in [0, 0.1) is 6.92 Å². The largest absolute Gasteiger partial charge is 0.373 e. The molecular formula is C12H16N4S. The normalized spacial score (nSPS) is 10.2. The van der Waals surface area contributed by atoms with Crippen molar-refractivity contribution in [3.63, 3.8) is 0 Å². The highest BCUT2D eigenvalue weighted by molar-refractivity contribution is 7.09. The molecule has 2 aromatic rings. The van der Waals surface area contributed by atoms with Gasteiger partial charge in [-0.2, -0.15) is 0 Å². The molecule has 0 radical (unpaired) electrons. The van der Waals surface area contributed by atoms with Crippen LogP contribution in [0.4, 0.5) is 11.6 Å². The van der Waals surface area contributed by atoms with E-state index in [0.717, 1.165) is 30.2 Å². The van der Waals surface area contributed by atoms with Crippen LogP contribution in [0.15, 0.2) is 23.8 Å². The summed E-state index contributed by atoms with van der Waals surface area (Å²) in [6.07, 6.45) is 2.60. The SMILES string of the molecule is CNc1ncnc(NCCc2cccs2)c1C. The zero-order valence-corrected chi connectivity index (χ0v) is 10.8. The number of rotatable bonds is 5. The fourth-order valence-corrected chi connectivity index (χ4v) is 2.35. The van der Waals surface area contributed by atoms with Crippen LogP contribution < -0.4 is 10.6 Å². The van der Waals surface area contributed by atoms with Gasteiger partial charge in [-0.05, 0) is 24.8 Å². The van der Waals surface area contributed by atoms with Crippen molar-refractivity contribution >= 4 is 23.0 Å². The maximum atomic E-state index is 4.25. The van der Waals surface area contributed by atoms with Gasteiger partial charge in [0.1, 0.15) is 18.0 Å². The highest BCUT2D eigenvalue weighted by atomic mass is 32.1. The second-order valence-electron chi connectivity index (χ2n) is 3.70. The Bertz CT molecular complexity index is 467. The summed E-state index contributed by atoms with van der Waals surface area (Å²) < 4.78 is 0. The van der Waals surface area contributed by atoms with Gasteiger partial charge in [0.25, 0.3) is 0 Å². The molecule has 0 fully saturated rings. The second kappa shape index (κ2) is 5.63. The highest BCUT2D eigenvalue weighted by Gasteiger charge is 2.04. The van der Waals surface area contributed by atoms with E-state index in [2.05, 4.69) is 38.1 Å². The molecule has 2 heterocycles. The molecule has 5 heteroatoms. The van der Waals surface area contributed by atoms with Crippen molar-refractivity contribution in [2.45, 2.75) is 13.3 Å². The van der Waals surface area contributed by atoms with Gasteiger partial charge in [-0.25, -0.2) is 9.97 Å². The van der Waals surface area contributed by atoms with Gasteiger partial charge in [0.15, 0.2) is 0 Å². The Morgan fingerprint density at radius 3 is 2.82 bits per heavy atom. The lowest BCUT2D eigenvalue weighted by Crippen LogP contribution is -2.09. The van der Waals surface area contributed by atoms with E-state index >= 15 is 0 Å². The molecule has 17 heavy (non-hydrogen) atoms. The molecule has 0 saturated carbocycles. The summed E-state index contributed by atoms with van der Waals surface area (Å²) in [5.41, 5.74) is 1.06. The van der Waals surface area contributed by atoms with Gasteiger partial charge in [0.2, 0.25) is 0 Å². The number of hydrogen-bond donors (Lipinski definition) is 2. The Morgan fingerprint density at radius 1 is 1.29 bits per heavy atom. The minimum Gasteiger partial charge on any atom is -0.373 e. The second-order valence-corrected chi connectivity index (χ2v) is 4.73. The van der Waals surface area contributed by atoms with Crippen LogP contribution in [0.5, 0.6) is 0 Å². The van der Waals surface area contributed by atoms with Gasteiger partial charge in [-0.1, -0.05) is 6.07 Å². The van der Waals surface area contributed by atoms with Crippen LogP contribution in [0.3, 0.4) is 0 Å². The molecule has 90 valence electrons. The Kier molecular flexibility index (Phi) is 3.93. The third kappa shape index (κ3) is 2.94. The van der Waals surface area contributed by atoms with E-state index in [0.29, 0.717) is 0 Å². The summed E-state index contributed by atoms with van der Waals surface area (Å²) in [5.74, 6) is 1.78. The van der Waals surface area contributed by atoms with E-state index in [1.54, 1.807) is 17.7 Å². The van der Waals surface area contributed by atoms with E-state index in [9.17, 15) is 0 Å². The molecule has 0 aliphatic rings. The molecule has 2 rings (SSSR count). The number of thiophene rings is 1. The van der Waals surface area contributed by atoms with Crippen LogP contribution in [0.1, 0.15) is 10.4 Å². The summed E-state index contributed by atoms with van der Waals surface area (Å²) in [7, 11) is 1.87. The van der Waals surface area contributed by atoms with Crippen molar-refractivity contribution in [3.05, 3.63) is 34.3 Å². The number of aromatic nitrogens is 2. The molecule has 0 amide bonds. The van der Waals surface area contributed by atoms with Gasteiger partial charge in [-0.15, -0.1) is 11.3 Å². The lowest BCUT2D eigenvalue weighted by molar-refractivity contribution is 1.01. The zero-order valence-electron chi connectivity index (χ0n) is 10.0. The quantitative estimate of drug-likeness (QED) is 0.853. The number of anilines is 2. The van der Waals surface area contributed by atoms with Crippen LogP contribution in [-0.2, 0) is 6.42 Å². The van der Waals surface area contributed by atoms with Crippen LogP contribution in [-0.4, -0.2) is 23.6 Å². The summed E-state index contributed by atoms with van der Waals surface area (Å²) in [5, 5.41) is 8.49. The van der Waals surface area contributed by atoms with Gasteiger partial charge in [0, 0.05) is 24.0 Å². The lowest BCUT2D eigenvalue weighted by atomic mass is 10.3. The first kappa shape index (κ1) is 11.9. The maximum Gasteiger partial charge on any atom is 0.134 e. The molecule has 0 bridgehead atoms. The first-order chi connectivity index (χ1) is 8.31. The molecule has 0 atom stereocenters. The summed E-state index contributed by atoms with van der Waals surface area (Å²) in [6, 6.07) is 4.23. The summed E-state index contributed by atoms with van der Waals surface area (Å²) in [4.78, 5) is 9.79. The standard InChI is InChI=1S/C12H16N4S/c1-9-11(13-2)15-8-16-12(9)14-6-5-10-4-3-7-17-10/h3-4,7-8H,5-6H2,1-2H3,(H2,13,14,15,16). The molecule has 2 N–H and O–H groups in total. The predicted molar refractivity (Wildman–Crippen MR) is 72.8 cm³/mol. The smallest absolute Gasteiger partial charge is 0.134 e. The predicted octanol–water partition coefficient (Wildman–Crippen LogP) is 2.54. The topological polar surface area (TPSA) is 49.8 Å². The zero-order chi connectivity index (χ0) is 12.1. The van der Waals surface area contributed by atoms with Crippen LogP contribution >= 0.6 is 11.3 Å². The first-order valence-corrected chi connectivity index (χ1v) is 6.45. The Hall–Kier alpha value is -1.62. The summed E-state index contributed by atoms with van der Waals surface area (Å²) >= 11 is 1.78. The molecule has 0 spiro atoms. The van der Waals surface area contributed by atoms with E-state index in [1.807, 2.05) is 14.0 Å². The summed E-state index contributed by atoms with van der Waals surface area (Å²) in [6.45, 7) is 2.90. The average Bonchev–Trinajstić information content (AvgIpc) is 2.84. The van der Waals surface area contributed by atoms with Gasteiger partial charge >= 0.3 is 0 Å². The van der Waals surface area contributed by atoms with Crippen molar-refractivity contribution in [2.75, 3.05) is 24.2 Å². The molecular weight excluding hydrogens is 232 g/mol. The van der Waals surface area contributed by atoms with Gasteiger partial charge in [-0.3, -0.25) is 0 Å². The van der Waals surface area contributed by atoms with Gasteiger partial charge in [0.05, 0.1) is 0 Å². The van der Waals surface area contributed by atoms with Crippen molar-refractivity contribution < 1.29 is 0 Å². The van der Waals surface area contributed by atoms with Crippen molar-refractivity contribution in [1.82, 2.24) is 9.97 Å². The molecule has 0 saturated heterocycles. The molecule has 4 nitrogen and oxygen atoms in total. The van der Waals surface area contributed by atoms with Gasteiger partial charge < -0.3 is 10.6 Å². The average molecular weight is 248 g/mol. The van der Waals surface area contributed by atoms with E-state index < -0.39 is 0 Å². The molecule has 2 aromatic heterocycles. The third-order valence-electron chi connectivity index (χ3n) is 2.56. The van der Waals surface area contributed by atoms with Crippen molar-refractivity contribution in [3.8, 4) is 0 Å². The third-order valence-corrected chi connectivity index (χ3v) is 3.50. The van der Waals surface area contributed by atoms with E-state index in [-0.39, 0.29) is 0 Å². The monoisotopic (exact) mass is 248 g/mol.